The average molecular weight is 288 g/mol. The van der Waals surface area contributed by atoms with Crippen LogP contribution in [-0.4, -0.2) is 10.9 Å². The lowest BCUT2D eigenvalue weighted by Gasteiger charge is -2.08. The summed E-state index contributed by atoms with van der Waals surface area (Å²) in [6.45, 7) is 3.91. The molecule has 0 aliphatic heterocycles. The van der Waals surface area contributed by atoms with Crippen LogP contribution < -0.4 is 11.5 Å². The Morgan fingerprint density at radius 1 is 1.00 bits per heavy atom. The van der Waals surface area contributed by atoms with Crippen LogP contribution in [-0.2, 0) is 0 Å². The van der Waals surface area contributed by atoms with Crippen molar-refractivity contribution in [3.05, 3.63) is 72.9 Å². The summed E-state index contributed by atoms with van der Waals surface area (Å²) >= 11 is 0. The molecule has 0 unspecified atom stereocenters. The first-order chi connectivity index (χ1) is 10.6. The SMILES string of the molecule is C=C(N=C(N)N)c1ccc2nccc(-c3ccccc3)c2c1. The largest absolute Gasteiger partial charge is 0.370 e. The second kappa shape index (κ2) is 5.69. The maximum absolute atomic E-state index is 5.42. The van der Waals surface area contributed by atoms with E-state index in [-0.39, 0.29) is 5.96 Å². The first kappa shape index (κ1) is 13.8. The highest BCUT2D eigenvalue weighted by Gasteiger charge is 2.07. The Labute approximate surface area is 128 Å². The van der Waals surface area contributed by atoms with Crippen LogP contribution in [0.15, 0.2) is 72.4 Å². The Balaban J connectivity index is 2.19. The van der Waals surface area contributed by atoms with Crippen LogP contribution in [0, 0.1) is 0 Å². The third kappa shape index (κ3) is 2.67. The maximum Gasteiger partial charge on any atom is 0.191 e. The van der Waals surface area contributed by atoms with Crippen LogP contribution in [0.25, 0.3) is 27.7 Å². The normalized spacial score (nSPS) is 10.4. The van der Waals surface area contributed by atoms with Gasteiger partial charge in [0.15, 0.2) is 5.96 Å². The van der Waals surface area contributed by atoms with E-state index in [4.69, 9.17) is 11.5 Å². The minimum absolute atomic E-state index is 0.000401. The molecule has 3 rings (SSSR count). The lowest BCUT2D eigenvalue weighted by Crippen LogP contribution is -2.22. The second-order valence-electron chi connectivity index (χ2n) is 4.94. The molecular formula is C18H16N4. The van der Waals surface area contributed by atoms with Gasteiger partial charge in [-0.25, -0.2) is 4.99 Å². The lowest BCUT2D eigenvalue weighted by atomic mass is 9.99. The molecule has 22 heavy (non-hydrogen) atoms. The van der Waals surface area contributed by atoms with Crippen LogP contribution in [0.2, 0.25) is 0 Å². The zero-order valence-electron chi connectivity index (χ0n) is 12.0. The molecule has 0 bridgehead atoms. The maximum atomic E-state index is 5.42. The molecule has 1 heterocycles. The van der Waals surface area contributed by atoms with E-state index in [1.807, 2.05) is 48.7 Å². The Morgan fingerprint density at radius 2 is 1.77 bits per heavy atom. The van der Waals surface area contributed by atoms with Crippen molar-refractivity contribution >= 4 is 22.6 Å². The van der Waals surface area contributed by atoms with Crippen LogP contribution in [0.5, 0.6) is 0 Å². The summed E-state index contributed by atoms with van der Waals surface area (Å²) in [7, 11) is 0. The Kier molecular flexibility index (Phi) is 3.58. The Morgan fingerprint density at radius 3 is 2.50 bits per heavy atom. The van der Waals surface area contributed by atoms with Gasteiger partial charge in [-0.2, -0.15) is 0 Å². The quantitative estimate of drug-likeness (QED) is 0.574. The van der Waals surface area contributed by atoms with Crippen molar-refractivity contribution in [2.75, 3.05) is 0 Å². The minimum atomic E-state index is -0.000401. The van der Waals surface area contributed by atoms with Gasteiger partial charge in [0.2, 0.25) is 0 Å². The van der Waals surface area contributed by atoms with Gasteiger partial charge in [-0.15, -0.1) is 0 Å². The number of hydrogen-bond donors (Lipinski definition) is 2. The third-order valence-electron chi connectivity index (χ3n) is 3.42. The zero-order chi connectivity index (χ0) is 15.5. The molecule has 1 aromatic heterocycles. The molecule has 0 aliphatic rings. The van der Waals surface area contributed by atoms with E-state index in [0.29, 0.717) is 5.70 Å². The Bertz CT molecular complexity index is 863. The zero-order valence-corrected chi connectivity index (χ0v) is 12.0. The molecule has 0 atom stereocenters. The number of benzene rings is 2. The number of nitrogens with two attached hydrogens (primary N) is 2. The Hall–Kier alpha value is -3.14. The van der Waals surface area contributed by atoms with E-state index in [2.05, 4.69) is 28.7 Å². The fraction of sp³-hybridized carbons (Fsp3) is 0. The van der Waals surface area contributed by atoms with Crippen LogP contribution in [0.1, 0.15) is 5.56 Å². The summed E-state index contributed by atoms with van der Waals surface area (Å²) in [6, 6.07) is 18.1. The van der Waals surface area contributed by atoms with Crippen molar-refractivity contribution < 1.29 is 0 Å². The van der Waals surface area contributed by atoms with Gasteiger partial charge in [0, 0.05) is 17.1 Å². The third-order valence-corrected chi connectivity index (χ3v) is 3.42. The lowest BCUT2D eigenvalue weighted by molar-refractivity contribution is 1.40. The fourth-order valence-corrected chi connectivity index (χ4v) is 2.42. The first-order valence-corrected chi connectivity index (χ1v) is 6.88. The smallest absolute Gasteiger partial charge is 0.191 e. The molecule has 0 spiro atoms. The second-order valence-corrected chi connectivity index (χ2v) is 4.94. The van der Waals surface area contributed by atoms with Gasteiger partial charge >= 0.3 is 0 Å². The minimum Gasteiger partial charge on any atom is -0.370 e. The van der Waals surface area contributed by atoms with Crippen molar-refractivity contribution in [1.82, 2.24) is 4.98 Å². The van der Waals surface area contributed by atoms with Crippen molar-refractivity contribution in [2.45, 2.75) is 0 Å². The van der Waals surface area contributed by atoms with Gasteiger partial charge in [-0.1, -0.05) is 43.0 Å². The number of nitrogens with zero attached hydrogens (tertiary/aromatic N) is 2. The molecule has 3 aromatic rings. The van der Waals surface area contributed by atoms with Crippen molar-refractivity contribution in [3.8, 4) is 11.1 Å². The molecule has 0 saturated carbocycles. The predicted octanol–water partition coefficient (Wildman–Crippen LogP) is 3.15. The van der Waals surface area contributed by atoms with E-state index in [9.17, 15) is 0 Å². The van der Waals surface area contributed by atoms with E-state index in [1.165, 1.54) is 0 Å². The molecule has 4 heteroatoms. The predicted molar refractivity (Wildman–Crippen MR) is 92.0 cm³/mol. The van der Waals surface area contributed by atoms with Gasteiger partial charge in [-0.3, -0.25) is 4.98 Å². The van der Waals surface area contributed by atoms with E-state index < -0.39 is 0 Å². The molecule has 2 aromatic carbocycles. The molecule has 108 valence electrons. The average Bonchev–Trinajstić information content (AvgIpc) is 2.54. The van der Waals surface area contributed by atoms with Gasteiger partial charge in [0.1, 0.15) is 0 Å². The van der Waals surface area contributed by atoms with E-state index in [0.717, 1.165) is 27.6 Å². The van der Waals surface area contributed by atoms with Gasteiger partial charge in [-0.05, 0) is 29.3 Å². The highest BCUT2D eigenvalue weighted by Crippen LogP contribution is 2.29. The number of hydrogen-bond acceptors (Lipinski definition) is 2. The number of guanidine groups is 1. The number of pyridine rings is 1. The van der Waals surface area contributed by atoms with Gasteiger partial charge in [0.05, 0.1) is 11.2 Å². The number of fused-ring (bicyclic) bond motifs is 1. The van der Waals surface area contributed by atoms with Crippen LogP contribution in [0.4, 0.5) is 0 Å². The highest BCUT2D eigenvalue weighted by atomic mass is 15.0. The first-order valence-electron chi connectivity index (χ1n) is 6.88. The van der Waals surface area contributed by atoms with Crippen molar-refractivity contribution in [3.63, 3.8) is 0 Å². The highest BCUT2D eigenvalue weighted by molar-refractivity contribution is 5.96. The molecule has 0 aliphatic carbocycles. The molecule has 0 fully saturated rings. The van der Waals surface area contributed by atoms with E-state index in [1.54, 1.807) is 0 Å². The van der Waals surface area contributed by atoms with Gasteiger partial charge < -0.3 is 11.5 Å². The number of aliphatic imine (C=N–C) groups is 1. The summed E-state index contributed by atoms with van der Waals surface area (Å²) in [5, 5.41) is 1.04. The van der Waals surface area contributed by atoms with Crippen molar-refractivity contribution in [1.29, 1.82) is 0 Å². The number of aromatic nitrogens is 1. The standard InChI is InChI=1S/C18H16N4/c1-12(22-18(19)20)14-7-8-17-16(11-14)15(9-10-21-17)13-5-3-2-4-6-13/h2-11H,1H2,(H4,19,20,22). The molecule has 0 amide bonds. The summed E-state index contributed by atoms with van der Waals surface area (Å²) in [5.74, 6) is -0.000401. The molecule has 0 saturated heterocycles. The summed E-state index contributed by atoms with van der Waals surface area (Å²) in [5.41, 5.74) is 15.4. The summed E-state index contributed by atoms with van der Waals surface area (Å²) < 4.78 is 0. The van der Waals surface area contributed by atoms with E-state index >= 15 is 0 Å². The monoisotopic (exact) mass is 288 g/mol. The molecule has 4 nitrogen and oxygen atoms in total. The molecule has 4 N–H and O–H groups in total. The van der Waals surface area contributed by atoms with Crippen LogP contribution in [0.3, 0.4) is 0 Å². The number of rotatable bonds is 3. The van der Waals surface area contributed by atoms with Gasteiger partial charge in [0.25, 0.3) is 0 Å². The summed E-state index contributed by atoms with van der Waals surface area (Å²) in [6.07, 6.45) is 1.81. The molecule has 0 radical (unpaired) electrons. The van der Waals surface area contributed by atoms with Crippen molar-refractivity contribution in [2.24, 2.45) is 16.5 Å². The topological polar surface area (TPSA) is 77.3 Å². The summed E-state index contributed by atoms with van der Waals surface area (Å²) in [4.78, 5) is 8.43. The molecular weight excluding hydrogens is 272 g/mol. The fourth-order valence-electron chi connectivity index (χ4n) is 2.42. The van der Waals surface area contributed by atoms with Crippen LogP contribution >= 0.6 is 0 Å².